The Morgan fingerprint density at radius 3 is 1.72 bits per heavy atom. The lowest BCUT2D eigenvalue weighted by molar-refractivity contribution is -0.136. The lowest BCUT2D eigenvalue weighted by Crippen LogP contribution is -2.30. The number of hydrogen-bond acceptors (Lipinski definition) is 2. The van der Waals surface area contributed by atoms with Crippen LogP contribution in [0.1, 0.15) is 36.0 Å². The van der Waals surface area contributed by atoms with E-state index in [0.29, 0.717) is 6.54 Å². The van der Waals surface area contributed by atoms with Gasteiger partial charge in [-0.1, -0.05) is 72.1 Å². The first kappa shape index (κ1) is 20.4. The third-order valence-electron chi connectivity index (χ3n) is 6.55. The quantitative estimate of drug-likeness (QED) is 0.205. The molecule has 5 rings (SSSR count). The van der Waals surface area contributed by atoms with Crippen molar-refractivity contribution in [2.24, 2.45) is 0 Å². The molecule has 160 valence electrons. The van der Waals surface area contributed by atoms with Gasteiger partial charge in [-0.3, -0.25) is 14.5 Å². The van der Waals surface area contributed by atoms with Crippen LogP contribution >= 0.6 is 0 Å². The highest BCUT2D eigenvalue weighted by Crippen LogP contribution is 2.36. The Bertz CT molecular complexity index is 1360. The summed E-state index contributed by atoms with van der Waals surface area (Å²) in [5.41, 5.74) is 3.89. The molecule has 1 heterocycles. The van der Waals surface area contributed by atoms with E-state index in [4.69, 9.17) is 0 Å². The van der Waals surface area contributed by atoms with E-state index in [2.05, 4.69) is 68.4 Å². The van der Waals surface area contributed by atoms with Crippen molar-refractivity contribution >= 4 is 44.1 Å². The van der Waals surface area contributed by atoms with Crippen molar-refractivity contribution in [3.05, 3.63) is 83.4 Å². The SMILES string of the molecule is Cc1ccc2c(c1)c1ccc(C)cc1c1ccc(CCCCCN3C(=O)C=CC3=O)cc21. The zero-order valence-electron chi connectivity index (χ0n) is 18.7. The number of aryl methyl sites for hydroxylation is 3. The van der Waals surface area contributed by atoms with E-state index in [1.807, 2.05) is 0 Å². The van der Waals surface area contributed by atoms with Crippen LogP contribution in [0.2, 0.25) is 0 Å². The van der Waals surface area contributed by atoms with Crippen LogP contribution in [0.3, 0.4) is 0 Å². The Labute approximate surface area is 188 Å². The van der Waals surface area contributed by atoms with Crippen molar-refractivity contribution in [2.75, 3.05) is 6.54 Å². The van der Waals surface area contributed by atoms with Gasteiger partial charge in [-0.15, -0.1) is 0 Å². The molecule has 0 saturated heterocycles. The molecule has 0 aromatic heterocycles. The van der Waals surface area contributed by atoms with Crippen LogP contribution in [0, 0.1) is 13.8 Å². The average molecular weight is 422 g/mol. The molecule has 32 heavy (non-hydrogen) atoms. The van der Waals surface area contributed by atoms with Gasteiger partial charge in [0, 0.05) is 18.7 Å². The maximum Gasteiger partial charge on any atom is 0.253 e. The van der Waals surface area contributed by atoms with Gasteiger partial charge >= 0.3 is 0 Å². The topological polar surface area (TPSA) is 37.4 Å². The number of benzene rings is 4. The summed E-state index contributed by atoms with van der Waals surface area (Å²) in [6, 6.07) is 20.4. The van der Waals surface area contributed by atoms with Gasteiger partial charge in [0.25, 0.3) is 11.8 Å². The number of imide groups is 1. The van der Waals surface area contributed by atoms with E-state index >= 15 is 0 Å². The molecule has 0 saturated carbocycles. The highest BCUT2D eigenvalue weighted by Gasteiger charge is 2.22. The van der Waals surface area contributed by atoms with Gasteiger partial charge in [-0.2, -0.15) is 0 Å². The maximum atomic E-state index is 11.7. The molecule has 4 aromatic rings. The standard InChI is InChI=1S/C29H27NO2/c1-19-7-10-22-25-16-20(2)8-11-23(25)27-18-21(9-12-24(27)26(22)17-19)6-4-3-5-15-30-28(31)13-14-29(30)32/h7-14,16-18H,3-6,15H2,1-2H3. The van der Waals surface area contributed by atoms with Crippen LogP contribution in [0.25, 0.3) is 32.3 Å². The summed E-state index contributed by atoms with van der Waals surface area (Å²) in [6.07, 6.45) is 6.59. The molecule has 0 fully saturated rings. The fourth-order valence-electron chi connectivity index (χ4n) is 4.86. The molecule has 0 bridgehead atoms. The van der Waals surface area contributed by atoms with Gasteiger partial charge in [0.05, 0.1) is 0 Å². The molecule has 0 N–H and O–H groups in total. The zero-order valence-corrected chi connectivity index (χ0v) is 18.7. The molecule has 0 unspecified atom stereocenters. The van der Waals surface area contributed by atoms with Gasteiger partial charge in [0.1, 0.15) is 0 Å². The molecule has 1 aliphatic heterocycles. The van der Waals surface area contributed by atoms with Gasteiger partial charge in [-0.05, 0) is 71.0 Å². The van der Waals surface area contributed by atoms with Crippen LogP contribution < -0.4 is 0 Å². The first-order valence-corrected chi connectivity index (χ1v) is 11.4. The van der Waals surface area contributed by atoms with E-state index < -0.39 is 0 Å². The summed E-state index contributed by atoms with van der Waals surface area (Å²) in [5.74, 6) is -0.372. The normalized spacial score (nSPS) is 13.9. The van der Waals surface area contributed by atoms with Gasteiger partial charge in [0.15, 0.2) is 0 Å². The molecule has 3 nitrogen and oxygen atoms in total. The van der Waals surface area contributed by atoms with E-state index in [1.165, 1.54) is 66.1 Å². The average Bonchev–Trinajstić information content (AvgIpc) is 3.10. The Hall–Kier alpha value is -3.46. The predicted octanol–water partition coefficient (Wildman–Crippen LogP) is 6.40. The number of fused-ring (bicyclic) bond motifs is 6. The summed E-state index contributed by atoms with van der Waals surface area (Å²) in [4.78, 5) is 24.6. The molecule has 4 aromatic carbocycles. The lowest BCUT2D eigenvalue weighted by Gasteiger charge is -2.14. The maximum absolute atomic E-state index is 11.7. The number of rotatable bonds is 6. The minimum absolute atomic E-state index is 0.186. The van der Waals surface area contributed by atoms with E-state index in [1.54, 1.807) is 0 Å². The molecule has 1 aliphatic rings. The van der Waals surface area contributed by atoms with Crippen LogP contribution in [0.15, 0.2) is 66.7 Å². The summed E-state index contributed by atoms with van der Waals surface area (Å²) >= 11 is 0. The first-order chi connectivity index (χ1) is 15.5. The molecule has 3 heteroatoms. The highest BCUT2D eigenvalue weighted by atomic mass is 16.2. The summed E-state index contributed by atoms with van der Waals surface area (Å²) in [6.45, 7) is 4.82. The summed E-state index contributed by atoms with van der Waals surface area (Å²) in [5, 5.41) is 7.88. The number of carbonyl (C=O) groups excluding carboxylic acids is 2. The Morgan fingerprint density at radius 2 is 1.12 bits per heavy atom. The second kappa shape index (κ2) is 8.23. The monoisotopic (exact) mass is 421 g/mol. The van der Waals surface area contributed by atoms with Crippen molar-refractivity contribution in [3.63, 3.8) is 0 Å². The Kier molecular flexibility index (Phi) is 5.26. The van der Waals surface area contributed by atoms with Crippen LogP contribution in [0.4, 0.5) is 0 Å². The fraction of sp³-hybridized carbons (Fsp3) is 0.241. The van der Waals surface area contributed by atoms with Gasteiger partial charge in [-0.25, -0.2) is 0 Å². The third kappa shape index (κ3) is 3.69. The van der Waals surface area contributed by atoms with E-state index in [-0.39, 0.29) is 11.8 Å². The number of amides is 2. The van der Waals surface area contributed by atoms with Crippen molar-refractivity contribution in [2.45, 2.75) is 39.5 Å². The van der Waals surface area contributed by atoms with E-state index in [0.717, 1.165) is 25.7 Å². The third-order valence-corrected chi connectivity index (χ3v) is 6.55. The molecular formula is C29H27NO2. The van der Waals surface area contributed by atoms with Crippen molar-refractivity contribution in [1.29, 1.82) is 0 Å². The van der Waals surface area contributed by atoms with Gasteiger partial charge in [0.2, 0.25) is 0 Å². The van der Waals surface area contributed by atoms with Crippen molar-refractivity contribution in [3.8, 4) is 0 Å². The van der Waals surface area contributed by atoms with Crippen LogP contribution in [-0.2, 0) is 16.0 Å². The van der Waals surface area contributed by atoms with Crippen molar-refractivity contribution < 1.29 is 9.59 Å². The largest absolute Gasteiger partial charge is 0.275 e. The number of nitrogens with zero attached hydrogens (tertiary/aromatic N) is 1. The molecular weight excluding hydrogens is 394 g/mol. The summed E-state index contributed by atoms with van der Waals surface area (Å²) in [7, 11) is 0. The first-order valence-electron chi connectivity index (χ1n) is 11.4. The zero-order chi connectivity index (χ0) is 22.2. The van der Waals surface area contributed by atoms with Gasteiger partial charge < -0.3 is 0 Å². The molecule has 0 radical (unpaired) electrons. The lowest BCUT2D eigenvalue weighted by atomic mass is 9.91. The second-order valence-electron chi connectivity index (χ2n) is 8.95. The number of unbranched alkanes of at least 4 members (excludes halogenated alkanes) is 2. The minimum atomic E-state index is -0.186. The number of hydrogen-bond donors (Lipinski definition) is 0. The summed E-state index contributed by atoms with van der Waals surface area (Å²) < 4.78 is 0. The highest BCUT2D eigenvalue weighted by molar-refractivity contribution is 6.25. The predicted molar refractivity (Wildman–Crippen MR) is 132 cm³/mol. The number of carbonyl (C=O) groups is 2. The molecule has 2 amide bonds. The van der Waals surface area contributed by atoms with Crippen molar-refractivity contribution in [1.82, 2.24) is 4.90 Å². The van der Waals surface area contributed by atoms with Crippen LogP contribution in [0.5, 0.6) is 0 Å². The second-order valence-corrected chi connectivity index (χ2v) is 8.95. The smallest absolute Gasteiger partial charge is 0.253 e. The fourth-order valence-corrected chi connectivity index (χ4v) is 4.86. The van der Waals surface area contributed by atoms with Crippen LogP contribution in [-0.4, -0.2) is 23.3 Å². The Balaban J connectivity index is 1.40. The molecule has 0 atom stereocenters. The van der Waals surface area contributed by atoms with E-state index in [9.17, 15) is 9.59 Å². The molecule has 0 aliphatic carbocycles. The molecule has 0 spiro atoms. The minimum Gasteiger partial charge on any atom is -0.275 e. The Morgan fingerprint density at radius 1 is 0.594 bits per heavy atom.